The van der Waals surface area contributed by atoms with Gasteiger partial charge in [-0.05, 0) is 55.3 Å². The molecule has 2 rings (SSSR count). The number of thioether (sulfide) groups is 1. The molecule has 0 aliphatic heterocycles. The number of H-pyrrole nitrogens is 1. The van der Waals surface area contributed by atoms with E-state index in [4.69, 9.17) is 12.2 Å². The lowest BCUT2D eigenvalue weighted by atomic mass is 10.2. The molecule has 0 fully saturated rings. The minimum Gasteiger partial charge on any atom is -0.331 e. The molecule has 0 radical (unpaired) electrons. The predicted octanol–water partition coefficient (Wildman–Crippen LogP) is 5.42. The average molecular weight is 334 g/mol. The van der Waals surface area contributed by atoms with Gasteiger partial charge < -0.3 is 9.55 Å². The number of aromatic amines is 1. The summed E-state index contributed by atoms with van der Waals surface area (Å²) in [6.07, 6.45) is -3.41. The number of halogens is 3. The lowest BCUT2D eigenvalue weighted by Crippen LogP contribution is -2.07. The van der Waals surface area contributed by atoms with E-state index in [1.54, 1.807) is 0 Å². The first-order chi connectivity index (χ1) is 9.84. The number of alkyl halides is 3. The van der Waals surface area contributed by atoms with Crippen molar-refractivity contribution in [3.8, 4) is 0 Å². The predicted molar refractivity (Wildman–Crippen MR) is 84.5 cm³/mol. The maximum absolute atomic E-state index is 12.7. The van der Waals surface area contributed by atoms with E-state index in [0.29, 0.717) is 10.3 Å². The monoisotopic (exact) mass is 334 g/mol. The summed E-state index contributed by atoms with van der Waals surface area (Å²) in [6, 6.07) is 3.87. The Labute approximate surface area is 130 Å². The second kappa shape index (κ2) is 6.44. The minimum atomic E-state index is -4.34. The highest BCUT2D eigenvalue weighted by Gasteiger charge is 2.30. The van der Waals surface area contributed by atoms with Gasteiger partial charge in [0.15, 0.2) is 4.77 Å². The van der Waals surface area contributed by atoms with Crippen molar-refractivity contribution in [1.82, 2.24) is 9.55 Å². The Balaban J connectivity index is 2.37. The zero-order valence-electron chi connectivity index (χ0n) is 11.8. The van der Waals surface area contributed by atoms with Gasteiger partial charge in [0, 0.05) is 6.04 Å². The SMILES string of the molecule is CCSCCC(C)n1c(=S)[nH]c2cc(C(F)(F)F)ccc21. The molecular weight excluding hydrogens is 317 g/mol. The molecule has 1 N–H and O–H groups in total. The average Bonchev–Trinajstić information content (AvgIpc) is 2.72. The highest BCUT2D eigenvalue weighted by Crippen LogP contribution is 2.32. The van der Waals surface area contributed by atoms with E-state index in [2.05, 4.69) is 11.9 Å². The van der Waals surface area contributed by atoms with Crippen molar-refractivity contribution >= 4 is 35.0 Å². The third-order valence-electron chi connectivity index (χ3n) is 3.37. The van der Waals surface area contributed by atoms with Gasteiger partial charge in [0.1, 0.15) is 0 Å². The van der Waals surface area contributed by atoms with E-state index in [0.717, 1.165) is 35.6 Å². The molecule has 21 heavy (non-hydrogen) atoms. The van der Waals surface area contributed by atoms with Crippen molar-refractivity contribution in [2.45, 2.75) is 32.5 Å². The van der Waals surface area contributed by atoms with Crippen LogP contribution < -0.4 is 0 Å². The van der Waals surface area contributed by atoms with Gasteiger partial charge in [0.25, 0.3) is 0 Å². The van der Waals surface area contributed by atoms with Gasteiger partial charge in [-0.1, -0.05) is 6.92 Å². The molecule has 1 heterocycles. The summed E-state index contributed by atoms with van der Waals surface area (Å²) in [6.45, 7) is 4.14. The van der Waals surface area contributed by atoms with Crippen LogP contribution in [-0.2, 0) is 6.18 Å². The molecule has 0 aliphatic rings. The summed E-state index contributed by atoms with van der Waals surface area (Å²) in [5.74, 6) is 2.06. The second-order valence-corrected chi connectivity index (χ2v) is 6.65. The summed E-state index contributed by atoms with van der Waals surface area (Å²) in [5.41, 5.74) is 0.499. The fraction of sp³-hybridized carbons (Fsp3) is 0.500. The molecule has 1 atom stereocenters. The van der Waals surface area contributed by atoms with Crippen LogP contribution in [0.2, 0.25) is 0 Å². The summed E-state index contributed by atoms with van der Waals surface area (Å²) in [4.78, 5) is 2.88. The van der Waals surface area contributed by atoms with Crippen LogP contribution in [0.25, 0.3) is 11.0 Å². The maximum atomic E-state index is 12.7. The topological polar surface area (TPSA) is 20.7 Å². The molecule has 7 heteroatoms. The van der Waals surface area contributed by atoms with Crippen LogP contribution in [0.3, 0.4) is 0 Å². The van der Waals surface area contributed by atoms with Crippen LogP contribution in [0, 0.1) is 4.77 Å². The molecule has 2 nitrogen and oxygen atoms in total. The Morgan fingerprint density at radius 2 is 2.10 bits per heavy atom. The van der Waals surface area contributed by atoms with E-state index in [1.807, 2.05) is 23.3 Å². The number of rotatable bonds is 5. The van der Waals surface area contributed by atoms with E-state index >= 15 is 0 Å². The summed E-state index contributed by atoms with van der Waals surface area (Å²) in [5, 5.41) is 0. The van der Waals surface area contributed by atoms with Crippen LogP contribution >= 0.6 is 24.0 Å². The number of benzene rings is 1. The number of hydrogen-bond acceptors (Lipinski definition) is 2. The standard InChI is InChI=1S/C14H17F3N2S2/c1-3-21-7-6-9(2)19-12-5-4-10(14(15,16)17)8-11(12)18-13(19)20/h4-5,8-9H,3,6-7H2,1-2H3,(H,18,20). The summed E-state index contributed by atoms with van der Waals surface area (Å²) >= 11 is 7.11. The highest BCUT2D eigenvalue weighted by atomic mass is 32.2. The van der Waals surface area contributed by atoms with Crippen molar-refractivity contribution in [3.05, 3.63) is 28.5 Å². The number of nitrogens with one attached hydrogen (secondary N) is 1. The van der Waals surface area contributed by atoms with Crippen molar-refractivity contribution in [2.24, 2.45) is 0 Å². The molecule has 0 saturated carbocycles. The summed E-state index contributed by atoms with van der Waals surface area (Å²) in [7, 11) is 0. The van der Waals surface area contributed by atoms with Crippen molar-refractivity contribution in [2.75, 3.05) is 11.5 Å². The lowest BCUT2D eigenvalue weighted by molar-refractivity contribution is -0.137. The largest absolute Gasteiger partial charge is 0.416 e. The van der Waals surface area contributed by atoms with Crippen LogP contribution in [-0.4, -0.2) is 21.1 Å². The molecule has 1 unspecified atom stereocenters. The molecular formula is C14H17F3N2S2. The van der Waals surface area contributed by atoms with Gasteiger partial charge in [-0.2, -0.15) is 24.9 Å². The van der Waals surface area contributed by atoms with Gasteiger partial charge in [0.05, 0.1) is 16.6 Å². The van der Waals surface area contributed by atoms with Crippen molar-refractivity contribution in [1.29, 1.82) is 0 Å². The Bertz CT molecular complexity index is 673. The number of hydrogen-bond donors (Lipinski definition) is 1. The molecule has 0 bridgehead atoms. The fourth-order valence-electron chi connectivity index (χ4n) is 2.27. The maximum Gasteiger partial charge on any atom is 0.416 e. The second-order valence-electron chi connectivity index (χ2n) is 4.86. The molecule has 116 valence electrons. The van der Waals surface area contributed by atoms with E-state index < -0.39 is 11.7 Å². The molecule has 2 aromatic rings. The van der Waals surface area contributed by atoms with Gasteiger partial charge in [-0.15, -0.1) is 0 Å². The Kier molecular flexibility index (Phi) is 5.03. The van der Waals surface area contributed by atoms with Crippen LogP contribution in [0.15, 0.2) is 18.2 Å². The quantitative estimate of drug-likeness (QED) is 0.582. The first-order valence-corrected chi connectivity index (χ1v) is 8.30. The Morgan fingerprint density at radius 1 is 1.38 bits per heavy atom. The number of nitrogens with zero attached hydrogens (tertiary/aromatic N) is 1. The van der Waals surface area contributed by atoms with Crippen molar-refractivity contribution in [3.63, 3.8) is 0 Å². The zero-order valence-corrected chi connectivity index (χ0v) is 13.5. The normalized spacial score (nSPS) is 13.8. The zero-order chi connectivity index (χ0) is 15.6. The van der Waals surface area contributed by atoms with Crippen LogP contribution in [0.4, 0.5) is 13.2 Å². The number of imidazole rings is 1. The van der Waals surface area contributed by atoms with Gasteiger partial charge in [-0.3, -0.25) is 0 Å². The van der Waals surface area contributed by atoms with Gasteiger partial charge in [-0.25, -0.2) is 0 Å². The molecule has 1 aromatic heterocycles. The summed E-state index contributed by atoms with van der Waals surface area (Å²) < 4.78 is 40.6. The van der Waals surface area contributed by atoms with Gasteiger partial charge >= 0.3 is 6.18 Å². The Hall–Kier alpha value is -0.950. The third-order valence-corrected chi connectivity index (χ3v) is 4.60. The smallest absolute Gasteiger partial charge is 0.331 e. The molecule has 0 saturated heterocycles. The first-order valence-electron chi connectivity index (χ1n) is 6.73. The lowest BCUT2D eigenvalue weighted by Gasteiger charge is -2.14. The number of aromatic nitrogens is 2. The van der Waals surface area contributed by atoms with E-state index in [1.165, 1.54) is 6.07 Å². The van der Waals surface area contributed by atoms with E-state index in [9.17, 15) is 13.2 Å². The highest BCUT2D eigenvalue weighted by molar-refractivity contribution is 7.99. The van der Waals surface area contributed by atoms with E-state index in [-0.39, 0.29) is 6.04 Å². The Morgan fingerprint density at radius 3 is 2.71 bits per heavy atom. The molecule has 0 aliphatic carbocycles. The third kappa shape index (κ3) is 3.63. The number of fused-ring (bicyclic) bond motifs is 1. The van der Waals surface area contributed by atoms with Crippen LogP contribution in [0.5, 0.6) is 0 Å². The molecule has 0 spiro atoms. The van der Waals surface area contributed by atoms with Crippen LogP contribution in [0.1, 0.15) is 31.9 Å². The molecule has 0 amide bonds. The van der Waals surface area contributed by atoms with Crippen molar-refractivity contribution < 1.29 is 13.2 Å². The fourth-order valence-corrected chi connectivity index (χ4v) is 3.46. The molecule has 1 aromatic carbocycles. The minimum absolute atomic E-state index is 0.155. The first kappa shape index (κ1) is 16.4. The van der Waals surface area contributed by atoms with Gasteiger partial charge in [0.2, 0.25) is 0 Å².